The van der Waals surface area contributed by atoms with Crippen LogP contribution < -0.4 is 0 Å². The van der Waals surface area contributed by atoms with Gasteiger partial charge in [-0.15, -0.1) is 11.3 Å². The molecule has 3 aromatic rings. The van der Waals surface area contributed by atoms with Crippen molar-refractivity contribution < 1.29 is 1.43 Å². The van der Waals surface area contributed by atoms with Crippen LogP contribution in [0.1, 0.15) is 1.43 Å². The molecule has 0 radical (unpaired) electrons. The van der Waals surface area contributed by atoms with E-state index < -0.39 is 0 Å². The zero-order valence-electron chi connectivity index (χ0n) is 6.37. The van der Waals surface area contributed by atoms with Gasteiger partial charge in [0.25, 0.3) is 0 Å². The molecule has 0 bridgehead atoms. The number of aromatic nitrogens is 1. The van der Waals surface area contributed by atoms with E-state index in [-0.39, 0.29) is 1.43 Å². The minimum atomic E-state index is 0. The highest BCUT2D eigenvalue weighted by molar-refractivity contribution is 7.17. The molecule has 0 saturated heterocycles. The van der Waals surface area contributed by atoms with Crippen LogP contribution in [0.15, 0.2) is 35.7 Å². The third-order valence-electron chi connectivity index (χ3n) is 2.13. The highest BCUT2D eigenvalue weighted by atomic mass is 32.1. The molecule has 2 aromatic heterocycles. The Balaban J connectivity index is 0.000000653. The Hall–Kier alpha value is -1.28. The van der Waals surface area contributed by atoms with Gasteiger partial charge in [0.1, 0.15) is 4.83 Å². The van der Waals surface area contributed by atoms with E-state index in [0.29, 0.717) is 0 Å². The predicted molar refractivity (Wildman–Crippen MR) is 55.8 cm³/mol. The molecule has 0 aliphatic carbocycles. The summed E-state index contributed by atoms with van der Waals surface area (Å²) in [7, 11) is 0. The van der Waals surface area contributed by atoms with Gasteiger partial charge in [-0.25, -0.2) is 0 Å². The summed E-state index contributed by atoms with van der Waals surface area (Å²) in [4.78, 5) is 4.65. The maximum absolute atomic E-state index is 3.38. The second kappa shape index (κ2) is 2.11. The summed E-state index contributed by atoms with van der Waals surface area (Å²) in [6, 6.07) is 10.6. The molecule has 12 heavy (non-hydrogen) atoms. The Morgan fingerprint density at radius 3 is 3.00 bits per heavy atom. The number of H-pyrrole nitrogens is 1. The van der Waals surface area contributed by atoms with Crippen molar-refractivity contribution in [2.75, 3.05) is 0 Å². The van der Waals surface area contributed by atoms with Crippen LogP contribution in [0, 0.1) is 0 Å². The van der Waals surface area contributed by atoms with E-state index in [1.54, 1.807) is 11.3 Å². The van der Waals surface area contributed by atoms with Gasteiger partial charge in [-0.3, -0.25) is 0 Å². The normalized spacial score (nSPS) is 11.3. The third kappa shape index (κ3) is 0.676. The average Bonchev–Trinajstić information content (AvgIpc) is 2.62. The fraction of sp³-hybridized carbons (Fsp3) is 0. The van der Waals surface area contributed by atoms with Crippen molar-refractivity contribution >= 4 is 32.5 Å². The molecule has 3 rings (SSSR count). The molecular weight excluding hydrogens is 166 g/mol. The molecule has 0 fully saturated rings. The smallest absolute Gasteiger partial charge is 0.101 e. The Bertz CT molecular complexity index is 537. The van der Waals surface area contributed by atoms with Gasteiger partial charge in [0.15, 0.2) is 0 Å². The zero-order valence-corrected chi connectivity index (χ0v) is 7.19. The Morgan fingerprint density at radius 2 is 2.00 bits per heavy atom. The summed E-state index contributed by atoms with van der Waals surface area (Å²) in [5, 5.41) is 4.79. The topological polar surface area (TPSA) is 15.8 Å². The lowest BCUT2D eigenvalue weighted by molar-refractivity contribution is 1.58. The third-order valence-corrected chi connectivity index (χ3v) is 2.96. The number of rotatable bonds is 0. The van der Waals surface area contributed by atoms with Crippen LogP contribution in [-0.4, -0.2) is 4.98 Å². The molecule has 0 unspecified atom stereocenters. The van der Waals surface area contributed by atoms with E-state index in [4.69, 9.17) is 0 Å². The summed E-state index contributed by atoms with van der Waals surface area (Å²) in [6.45, 7) is 0. The fourth-order valence-electron chi connectivity index (χ4n) is 1.57. The van der Waals surface area contributed by atoms with Crippen molar-refractivity contribution in [3.05, 3.63) is 35.7 Å². The molecule has 0 aliphatic heterocycles. The standard InChI is InChI=1S/C10H7NS.H2/c1-2-4-9-7(3-1)8-5-6-12-10(8)11-9;/h1-6,11H;1H. The molecule has 1 nitrogen and oxygen atoms in total. The predicted octanol–water partition coefficient (Wildman–Crippen LogP) is 3.63. The minimum absolute atomic E-state index is 0. The van der Waals surface area contributed by atoms with E-state index in [1.165, 1.54) is 21.1 Å². The van der Waals surface area contributed by atoms with E-state index in [1.807, 2.05) is 0 Å². The average molecular weight is 175 g/mol. The second-order valence-corrected chi connectivity index (χ2v) is 3.75. The fourth-order valence-corrected chi connectivity index (χ4v) is 2.38. The highest BCUT2D eigenvalue weighted by Crippen LogP contribution is 2.28. The Kier molecular flexibility index (Phi) is 1.10. The highest BCUT2D eigenvalue weighted by Gasteiger charge is 2.02. The molecule has 2 heterocycles. The van der Waals surface area contributed by atoms with E-state index in [2.05, 4.69) is 40.7 Å². The van der Waals surface area contributed by atoms with Gasteiger partial charge in [0.05, 0.1) is 0 Å². The molecule has 0 aliphatic rings. The molecule has 1 N–H and O–H groups in total. The van der Waals surface area contributed by atoms with Crippen LogP contribution in [0.3, 0.4) is 0 Å². The number of aromatic amines is 1. The number of fused-ring (bicyclic) bond motifs is 3. The number of para-hydroxylation sites is 1. The van der Waals surface area contributed by atoms with Crippen LogP contribution in [0.5, 0.6) is 0 Å². The molecule has 0 amide bonds. The minimum Gasteiger partial charge on any atom is -0.346 e. The van der Waals surface area contributed by atoms with Crippen LogP contribution in [-0.2, 0) is 0 Å². The van der Waals surface area contributed by atoms with Gasteiger partial charge in [0, 0.05) is 17.7 Å². The Morgan fingerprint density at radius 1 is 1.08 bits per heavy atom. The zero-order chi connectivity index (χ0) is 7.97. The van der Waals surface area contributed by atoms with Gasteiger partial charge >= 0.3 is 0 Å². The van der Waals surface area contributed by atoms with Gasteiger partial charge in [0.2, 0.25) is 0 Å². The first-order chi connectivity index (χ1) is 5.95. The molecule has 1 aromatic carbocycles. The quantitative estimate of drug-likeness (QED) is 0.537. The summed E-state index contributed by atoms with van der Waals surface area (Å²) < 4.78 is 0. The maximum Gasteiger partial charge on any atom is 0.101 e. The van der Waals surface area contributed by atoms with Crippen LogP contribution >= 0.6 is 11.3 Å². The van der Waals surface area contributed by atoms with Crippen molar-refractivity contribution in [3.63, 3.8) is 0 Å². The summed E-state index contributed by atoms with van der Waals surface area (Å²) in [5.41, 5.74) is 1.24. The second-order valence-electron chi connectivity index (χ2n) is 2.83. The number of benzene rings is 1. The molecule has 0 spiro atoms. The summed E-state index contributed by atoms with van der Waals surface area (Å²) >= 11 is 1.76. The SMILES string of the molecule is [HH].c1ccc2c(c1)[nH]c1sccc12. The summed E-state index contributed by atoms with van der Waals surface area (Å²) in [6.07, 6.45) is 0. The van der Waals surface area contributed by atoms with Crippen molar-refractivity contribution in [3.8, 4) is 0 Å². The monoisotopic (exact) mass is 175 g/mol. The first-order valence-corrected chi connectivity index (χ1v) is 4.77. The van der Waals surface area contributed by atoms with Crippen LogP contribution in [0.25, 0.3) is 21.1 Å². The lowest BCUT2D eigenvalue weighted by Crippen LogP contribution is -1.63. The number of thiophene rings is 1. The first kappa shape index (κ1) is 6.26. The molecule has 2 heteroatoms. The lowest BCUT2D eigenvalue weighted by atomic mass is 10.2. The van der Waals surface area contributed by atoms with Crippen LogP contribution in [0.2, 0.25) is 0 Å². The van der Waals surface area contributed by atoms with Gasteiger partial charge in [-0.2, -0.15) is 0 Å². The number of hydrogen-bond donors (Lipinski definition) is 1. The first-order valence-electron chi connectivity index (χ1n) is 3.89. The summed E-state index contributed by atoms with van der Waals surface area (Å²) in [5.74, 6) is 0. The van der Waals surface area contributed by atoms with Gasteiger partial charge in [-0.05, 0) is 17.5 Å². The largest absolute Gasteiger partial charge is 0.346 e. The lowest BCUT2D eigenvalue weighted by Gasteiger charge is -1.85. The molecular formula is C10H9NS. The van der Waals surface area contributed by atoms with Gasteiger partial charge < -0.3 is 4.98 Å². The van der Waals surface area contributed by atoms with E-state index >= 15 is 0 Å². The molecule has 0 atom stereocenters. The molecule has 0 saturated carbocycles. The number of nitrogens with one attached hydrogen (secondary N) is 1. The van der Waals surface area contributed by atoms with Crippen LogP contribution in [0.4, 0.5) is 0 Å². The van der Waals surface area contributed by atoms with E-state index in [9.17, 15) is 0 Å². The van der Waals surface area contributed by atoms with Gasteiger partial charge in [-0.1, -0.05) is 18.2 Å². The van der Waals surface area contributed by atoms with Crippen molar-refractivity contribution in [1.29, 1.82) is 0 Å². The van der Waals surface area contributed by atoms with Crippen molar-refractivity contribution in [2.24, 2.45) is 0 Å². The Labute approximate surface area is 75.1 Å². The molecule has 60 valence electrons. The maximum atomic E-state index is 3.38. The van der Waals surface area contributed by atoms with E-state index in [0.717, 1.165) is 0 Å². The van der Waals surface area contributed by atoms with Crippen molar-refractivity contribution in [2.45, 2.75) is 0 Å². The van der Waals surface area contributed by atoms with Crippen molar-refractivity contribution in [1.82, 2.24) is 4.98 Å². The number of hydrogen-bond acceptors (Lipinski definition) is 1.